The Morgan fingerprint density at radius 1 is 1.40 bits per heavy atom. The molecule has 4 heteroatoms. The highest BCUT2D eigenvalue weighted by Gasteiger charge is 2.30. The number of halogens is 1. The summed E-state index contributed by atoms with van der Waals surface area (Å²) in [6.45, 7) is 6.10. The first-order chi connectivity index (χ1) is 9.70. The van der Waals surface area contributed by atoms with Crippen LogP contribution in [0.2, 0.25) is 5.02 Å². The second-order valence-corrected chi connectivity index (χ2v) is 5.56. The highest BCUT2D eigenvalue weighted by Crippen LogP contribution is 2.24. The molecule has 1 saturated heterocycles. The lowest BCUT2D eigenvalue weighted by atomic mass is 10.1. The van der Waals surface area contributed by atoms with Crippen LogP contribution < -0.4 is 5.32 Å². The quantitative estimate of drug-likeness (QED) is 0.619. The van der Waals surface area contributed by atoms with E-state index in [1.807, 2.05) is 35.2 Å². The number of nitrogens with one attached hydrogen (secondary N) is 1. The Balaban J connectivity index is 1.90. The molecule has 1 N–H and O–H groups in total. The molecule has 1 aromatic rings. The molecule has 2 rings (SSSR count). The van der Waals surface area contributed by atoms with Crippen molar-refractivity contribution in [3.63, 3.8) is 0 Å². The van der Waals surface area contributed by atoms with Gasteiger partial charge >= 0.3 is 0 Å². The van der Waals surface area contributed by atoms with Gasteiger partial charge in [-0.3, -0.25) is 4.79 Å². The molecule has 0 spiro atoms. The predicted molar refractivity (Wildman–Crippen MR) is 82.7 cm³/mol. The van der Waals surface area contributed by atoms with Crippen LogP contribution in [0.25, 0.3) is 0 Å². The van der Waals surface area contributed by atoms with Gasteiger partial charge in [0.05, 0.1) is 0 Å². The van der Waals surface area contributed by atoms with E-state index >= 15 is 0 Å². The molecule has 1 aliphatic heterocycles. The van der Waals surface area contributed by atoms with E-state index in [1.165, 1.54) is 0 Å². The van der Waals surface area contributed by atoms with Gasteiger partial charge in [-0.1, -0.05) is 29.8 Å². The molecule has 0 saturated carbocycles. The first-order valence-electron chi connectivity index (χ1n) is 7.06. The smallest absolute Gasteiger partial charge is 0.223 e. The molecule has 0 unspecified atom stereocenters. The van der Waals surface area contributed by atoms with Crippen LogP contribution in [0.5, 0.6) is 0 Å². The first-order valence-corrected chi connectivity index (χ1v) is 7.44. The molecule has 1 fully saturated rings. The van der Waals surface area contributed by atoms with Gasteiger partial charge in [0.1, 0.15) is 0 Å². The van der Waals surface area contributed by atoms with Crippen molar-refractivity contribution in [2.45, 2.75) is 31.8 Å². The van der Waals surface area contributed by atoms with E-state index in [1.54, 1.807) is 0 Å². The number of hydrogen-bond donors (Lipinski definition) is 1. The Labute approximate surface area is 125 Å². The number of hydrogen-bond acceptors (Lipinski definition) is 2. The van der Waals surface area contributed by atoms with Gasteiger partial charge in [-0.05, 0) is 37.1 Å². The molecule has 1 aliphatic rings. The molecular formula is C16H21ClN2O. The van der Waals surface area contributed by atoms with Gasteiger partial charge in [0.15, 0.2) is 0 Å². The van der Waals surface area contributed by atoms with Crippen LogP contribution in [-0.2, 0) is 11.3 Å². The largest absolute Gasteiger partial charge is 0.335 e. The fraction of sp³-hybridized carbons (Fsp3) is 0.438. The first kappa shape index (κ1) is 15.1. The van der Waals surface area contributed by atoms with Crippen molar-refractivity contribution >= 4 is 17.5 Å². The van der Waals surface area contributed by atoms with E-state index in [0.717, 1.165) is 36.5 Å². The maximum Gasteiger partial charge on any atom is 0.223 e. The maximum absolute atomic E-state index is 12.0. The second kappa shape index (κ2) is 7.46. The van der Waals surface area contributed by atoms with Crippen molar-refractivity contribution < 1.29 is 4.79 Å². The number of rotatable bonds is 7. The van der Waals surface area contributed by atoms with E-state index in [-0.39, 0.29) is 5.91 Å². The Bertz CT molecular complexity index is 458. The normalized spacial score (nSPS) is 18.6. The molecule has 20 heavy (non-hydrogen) atoms. The second-order valence-electron chi connectivity index (χ2n) is 5.12. The van der Waals surface area contributed by atoms with Gasteiger partial charge in [0.2, 0.25) is 5.91 Å². The average Bonchev–Trinajstić information content (AvgIpc) is 2.79. The number of benzene rings is 1. The van der Waals surface area contributed by atoms with Gasteiger partial charge in [0, 0.05) is 30.6 Å². The summed E-state index contributed by atoms with van der Waals surface area (Å²) < 4.78 is 0. The van der Waals surface area contributed by atoms with Gasteiger partial charge in [-0.15, -0.1) is 6.58 Å². The molecule has 0 aromatic heterocycles. The van der Waals surface area contributed by atoms with E-state index in [9.17, 15) is 4.79 Å². The SMILES string of the molecule is C=CCNCC[C@@H]1CCC(=O)N1Cc1ccc(Cl)cc1. The van der Waals surface area contributed by atoms with Crippen LogP contribution in [0, 0.1) is 0 Å². The number of carbonyl (C=O) groups is 1. The zero-order valence-corrected chi connectivity index (χ0v) is 12.4. The Morgan fingerprint density at radius 2 is 2.15 bits per heavy atom. The molecule has 108 valence electrons. The van der Waals surface area contributed by atoms with Crippen molar-refractivity contribution in [1.82, 2.24) is 10.2 Å². The fourth-order valence-corrected chi connectivity index (χ4v) is 2.70. The summed E-state index contributed by atoms with van der Waals surface area (Å²) in [6, 6.07) is 8.06. The highest BCUT2D eigenvalue weighted by atomic mass is 35.5. The third-order valence-corrected chi connectivity index (χ3v) is 3.91. The third kappa shape index (κ3) is 4.09. The summed E-state index contributed by atoms with van der Waals surface area (Å²) in [5.41, 5.74) is 1.13. The summed E-state index contributed by atoms with van der Waals surface area (Å²) in [5, 5.41) is 4.02. The number of amides is 1. The van der Waals surface area contributed by atoms with E-state index < -0.39 is 0 Å². The van der Waals surface area contributed by atoms with Crippen molar-refractivity contribution in [3.05, 3.63) is 47.5 Å². The Morgan fingerprint density at radius 3 is 2.85 bits per heavy atom. The zero-order valence-electron chi connectivity index (χ0n) is 11.6. The van der Waals surface area contributed by atoms with Crippen LogP contribution >= 0.6 is 11.6 Å². The monoisotopic (exact) mass is 292 g/mol. The summed E-state index contributed by atoms with van der Waals surface area (Å²) >= 11 is 5.89. The number of nitrogens with zero attached hydrogens (tertiary/aromatic N) is 1. The fourth-order valence-electron chi connectivity index (χ4n) is 2.57. The minimum atomic E-state index is 0.258. The molecule has 1 atom stereocenters. The van der Waals surface area contributed by atoms with E-state index in [0.29, 0.717) is 19.0 Å². The maximum atomic E-state index is 12.0. The van der Waals surface area contributed by atoms with Crippen LogP contribution in [0.15, 0.2) is 36.9 Å². The molecular weight excluding hydrogens is 272 g/mol. The van der Waals surface area contributed by atoms with E-state index in [4.69, 9.17) is 11.6 Å². The summed E-state index contributed by atoms with van der Waals surface area (Å²) in [4.78, 5) is 14.0. The van der Waals surface area contributed by atoms with Crippen LogP contribution in [0.1, 0.15) is 24.8 Å². The van der Waals surface area contributed by atoms with Crippen molar-refractivity contribution in [2.24, 2.45) is 0 Å². The zero-order chi connectivity index (χ0) is 14.4. The predicted octanol–water partition coefficient (Wildman–Crippen LogP) is 3.00. The lowest BCUT2D eigenvalue weighted by Crippen LogP contribution is -2.34. The Hall–Kier alpha value is -1.32. The van der Waals surface area contributed by atoms with Crippen LogP contribution in [0.3, 0.4) is 0 Å². The third-order valence-electron chi connectivity index (χ3n) is 3.66. The van der Waals surface area contributed by atoms with Gasteiger partial charge < -0.3 is 10.2 Å². The van der Waals surface area contributed by atoms with Crippen LogP contribution in [0.4, 0.5) is 0 Å². The molecule has 0 radical (unpaired) electrons. The van der Waals surface area contributed by atoms with Gasteiger partial charge in [-0.25, -0.2) is 0 Å². The lowest BCUT2D eigenvalue weighted by molar-refractivity contribution is -0.129. The molecule has 0 aliphatic carbocycles. The average molecular weight is 293 g/mol. The molecule has 1 aromatic carbocycles. The number of carbonyl (C=O) groups excluding carboxylic acids is 1. The molecule has 0 bridgehead atoms. The van der Waals surface area contributed by atoms with Crippen LogP contribution in [-0.4, -0.2) is 29.9 Å². The van der Waals surface area contributed by atoms with E-state index in [2.05, 4.69) is 11.9 Å². The highest BCUT2D eigenvalue weighted by molar-refractivity contribution is 6.30. The molecule has 1 heterocycles. The molecule has 1 amide bonds. The van der Waals surface area contributed by atoms with Crippen molar-refractivity contribution in [2.75, 3.05) is 13.1 Å². The Kier molecular flexibility index (Phi) is 5.62. The standard InChI is InChI=1S/C16H21ClN2O/c1-2-10-18-11-9-15-7-8-16(20)19(15)12-13-3-5-14(17)6-4-13/h2-6,15,18H,1,7-12H2/t15-/m0/s1. The minimum Gasteiger partial charge on any atom is -0.335 e. The molecule has 3 nitrogen and oxygen atoms in total. The summed E-state index contributed by atoms with van der Waals surface area (Å²) in [6.07, 6.45) is 4.47. The van der Waals surface area contributed by atoms with Crippen molar-refractivity contribution in [1.29, 1.82) is 0 Å². The van der Waals surface area contributed by atoms with Gasteiger partial charge in [0.25, 0.3) is 0 Å². The van der Waals surface area contributed by atoms with Gasteiger partial charge in [-0.2, -0.15) is 0 Å². The van der Waals surface area contributed by atoms with Crippen molar-refractivity contribution in [3.8, 4) is 0 Å². The lowest BCUT2D eigenvalue weighted by Gasteiger charge is -2.25. The topological polar surface area (TPSA) is 32.3 Å². The number of likely N-dealkylation sites (tertiary alicyclic amines) is 1. The summed E-state index contributed by atoms with van der Waals surface area (Å²) in [5.74, 6) is 0.258. The summed E-state index contributed by atoms with van der Waals surface area (Å²) in [7, 11) is 0. The minimum absolute atomic E-state index is 0.258.